The molecule has 0 bridgehead atoms. The molecule has 2 amide bonds. The van der Waals surface area contributed by atoms with E-state index in [1.54, 1.807) is 11.0 Å². The van der Waals surface area contributed by atoms with Crippen LogP contribution in [0.15, 0.2) is 43.1 Å². The van der Waals surface area contributed by atoms with Gasteiger partial charge in [-0.3, -0.25) is 9.59 Å². The minimum absolute atomic E-state index is 0.0415. The van der Waals surface area contributed by atoms with Gasteiger partial charge in [-0.15, -0.1) is 0 Å². The zero-order valence-electron chi connectivity index (χ0n) is 14.9. The smallest absolute Gasteiger partial charge is 0.312 e. The molecule has 0 spiro atoms. The van der Waals surface area contributed by atoms with Gasteiger partial charge in [-0.1, -0.05) is 6.58 Å². The molecule has 6 nitrogen and oxygen atoms in total. The van der Waals surface area contributed by atoms with Gasteiger partial charge >= 0.3 is 6.55 Å². The number of amides is 2. The largest absolute Gasteiger partial charge is 0.333 e. The zero-order valence-corrected chi connectivity index (χ0v) is 14.9. The summed E-state index contributed by atoms with van der Waals surface area (Å²) in [6, 6.07) is 6.86. The van der Waals surface area contributed by atoms with E-state index in [1.807, 2.05) is 19.1 Å². The summed E-state index contributed by atoms with van der Waals surface area (Å²) < 4.78 is 26.0. The predicted octanol–water partition coefficient (Wildman–Crippen LogP) is 3.30. The van der Waals surface area contributed by atoms with Gasteiger partial charge in [0.1, 0.15) is 0 Å². The number of carbonyl (C=O) groups is 2. The van der Waals surface area contributed by atoms with Crippen LogP contribution in [0, 0.1) is 0 Å². The van der Waals surface area contributed by atoms with Gasteiger partial charge in [0.2, 0.25) is 5.91 Å². The average Bonchev–Trinajstić information content (AvgIpc) is 3.14. The molecule has 1 aliphatic heterocycles. The molecule has 2 aromatic rings. The van der Waals surface area contributed by atoms with Crippen molar-refractivity contribution in [1.82, 2.24) is 9.78 Å². The number of aromatic nitrogens is 2. The molecular weight excluding hydrogens is 354 g/mol. The number of nitrogens with zero attached hydrogens (tertiary/aromatic N) is 4. The number of carbonyl (C=O) groups excluding carboxylic acids is 2. The van der Waals surface area contributed by atoms with Crippen molar-refractivity contribution in [3.63, 3.8) is 0 Å². The lowest BCUT2D eigenvalue weighted by Gasteiger charge is -2.30. The Morgan fingerprint density at radius 2 is 2.15 bits per heavy atom. The zero-order chi connectivity index (χ0) is 19.6. The fraction of sp³-hybridized carbons (Fsp3) is 0.316. The van der Waals surface area contributed by atoms with Crippen molar-refractivity contribution in [2.45, 2.75) is 32.9 Å². The first kappa shape index (κ1) is 18.8. The summed E-state index contributed by atoms with van der Waals surface area (Å²) in [5, 5.41) is 3.80. The third-order valence-corrected chi connectivity index (χ3v) is 4.52. The van der Waals surface area contributed by atoms with Crippen molar-refractivity contribution in [2.75, 3.05) is 16.3 Å². The summed E-state index contributed by atoms with van der Waals surface area (Å²) in [6.07, 6.45) is 3.35. The summed E-state index contributed by atoms with van der Waals surface area (Å²) in [4.78, 5) is 27.5. The predicted molar refractivity (Wildman–Crippen MR) is 97.7 cm³/mol. The molecule has 0 aliphatic carbocycles. The second-order valence-corrected chi connectivity index (χ2v) is 6.14. The third-order valence-electron chi connectivity index (χ3n) is 4.52. The fourth-order valence-electron chi connectivity index (χ4n) is 3.20. The molecule has 0 atom stereocenters. The van der Waals surface area contributed by atoms with Crippen LogP contribution in [-0.2, 0) is 22.6 Å². The quantitative estimate of drug-likeness (QED) is 0.729. The molecule has 1 aliphatic rings. The summed E-state index contributed by atoms with van der Waals surface area (Å²) >= 11 is 0. The normalized spacial score (nSPS) is 13.6. The number of benzene rings is 1. The van der Waals surface area contributed by atoms with Gasteiger partial charge in [0.25, 0.3) is 5.91 Å². The molecule has 142 valence electrons. The van der Waals surface area contributed by atoms with Crippen LogP contribution in [0.5, 0.6) is 0 Å². The molecule has 2 heterocycles. The van der Waals surface area contributed by atoms with Gasteiger partial charge in [-0.05, 0) is 49.2 Å². The molecule has 0 radical (unpaired) electrons. The Morgan fingerprint density at radius 1 is 1.37 bits per heavy atom. The first-order valence-corrected chi connectivity index (χ1v) is 8.64. The topological polar surface area (TPSA) is 58.4 Å². The Bertz CT molecular complexity index is 878. The second kappa shape index (κ2) is 7.69. The van der Waals surface area contributed by atoms with E-state index in [-0.39, 0.29) is 18.4 Å². The van der Waals surface area contributed by atoms with Gasteiger partial charge in [0.15, 0.2) is 0 Å². The van der Waals surface area contributed by atoms with E-state index < -0.39 is 6.55 Å². The molecule has 0 saturated carbocycles. The molecule has 1 aromatic heterocycles. The number of hydrogen-bond donors (Lipinski definition) is 0. The van der Waals surface area contributed by atoms with Crippen LogP contribution in [0.25, 0.3) is 0 Å². The lowest BCUT2D eigenvalue weighted by Crippen LogP contribution is -2.35. The number of fused-ring (bicyclic) bond motifs is 1. The van der Waals surface area contributed by atoms with Crippen molar-refractivity contribution < 1.29 is 18.4 Å². The lowest BCUT2D eigenvalue weighted by atomic mass is 10.00. The number of anilines is 2. The summed E-state index contributed by atoms with van der Waals surface area (Å²) in [7, 11) is 0. The maximum Gasteiger partial charge on any atom is 0.333 e. The number of hydrogen-bond acceptors (Lipinski definition) is 3. The highest BCUT2D eigenvalue weighted by Crippen LogP contribution is 2.32. The van der Waals surface area contributed by atoms with Gasteiger partial charge < -0.3 is 9.80 Å². The van der Waals surface area contributed by atoms with E-state index in [0.717, 1.165) is 11.3 Å². The Kier molecular flexibility index (Phi) is 5.34. The molecule has 27 heavy (non-hydrogen) atoms. The molecule has 0 unspecified atom stereocenters. The molecule has 3 rings (SSSR count). The van der Waals surface area contributed by atoms with Gasteiger partial charge in [-0.25, -0.2) is 4.68 Å². The first-order chi connectivity index (χ1) is 12.9. The highest BCUT2D eigenvalue weighted by Gasteiger charge is 2.24. The molecule has 0 fully saturated rings. The molecule has 8 heteroatoms. The van der Waals surface area contributed by atoms with Crippen molar-refractivity contribution in [3.05, 3.63) is 54.4 Å². The van der Waals surface area contributed by atoms with Crippen molar-refractivity contribution in [2.24, 2.45) is 0 Å². The van der Waals surface area contributed by atoms with Crippen LogP contribution < -0.4 is 9.80 Å². The number of rotatable bonds is 6. The average molecular weight is 374 g/mol. The minimum Gasteiger partial charge on any atom is -0.312 e. The van der Waals surface area contributed by atoms with E-state index in [2.05, 4.69) is 11.7 Å². The van der Waals surface area contributed by atoms with E-state index in [9.17, 15) is 18.4 Å². The summed E-state index contributed by atoms with van der Waals surface area (Å²) in [5.74, 6) is -0.282. The molecular formula is C19H20F2N4O2. The highest BCUT2D eigenvalue weighted by atomic mass is 19.3. The lowest BCUT2D eigenvalue weighted by molar-refractivity contribution is -0.119. The Labute approximate surface area is 155 Å². The number of alkyl halides is 2. The van der Waals surface area contributed by atoms with E-state index in [4.69, 9.17) is 0 Å². The fourth-order valence-corrected chi connectivity index (χ4v) is 3.20. The van der Waals surface area contributed by atoms with Crippen LogP contribution >= 0.6 is 0 Å². The maximum atomic E-state index is 12.7. The van der Waals surface area contributed by atoms with Crippen LogP contribution in [0.3, 0.4) is 0 Å². The summed E-state index contributed by atoms with van der Waals surface area (Å²) in [5.41, 5.74) is 2.75. The Hall–Kier alpha value is -3.03. The van der Waals surface area contributed by atoms with E-state index >= 15 is 0 Å². The SMILES string of the molecule is C=CC(=O)N(Cc1ccn(C(F)F)n1)c1ccc2c(c1)CCC(=O)N2CC. The van der Waals surface area contributed by atoms with Gasteiger partial charge in [0.05, 0.1) is 12.2 Å². The number of aryl methyl sites for hydroxylation is 1. The standard InChI is InChI=1S/C19H20F2N4O2/c1-3-17(26)24(12-14-9-10-25(22-14)19(20)21)15-6-7-16-13(11-15)5-8-18(27)23(16)4-2/h3,6-7,9-11,19H,1,4-5,8,12H2,2H3. The summed E-state index contributed by atoms with van der Waals surface area (Å²) in [6.45, 7) is 3.31. The minimum atomic E-state index is -2.73. The Balaban J connectivity index is 1.92. The van der Waals surface area contributed by atoms with Crippen LogP contribution in [0.2, 0.25) is 0 Å². The second-order valence-electron chi connectivity index (χ2n) is 6.14. The van der Waals surface area contributed by atoms with Crippen LogP contribution in [-0.4, -0.2) is 28.1 Å². The van der Waals surface area contributed by atoms with Crippen LogP contribution in [0.1, 0.15) is 31.2 Å². The molecule has 1 aromatic carbocycles. The third kappa shape index (κ3) is 3.74. The maximum absolute atomic E-state index is 12.7. The Morgan fingerprint density at radius 3 is 2.78 bits per heavy atom. The number of halogens is 2. The first-order valence-electron chi connectivity index (χ1n) is 8.64. The van der Waals surface area contributed by atoms with E-state index in [1.165, 1.54) is 23.2 Å². The molecule has 0 N–H and O–H groups in total. The van der Waals surface area contributed by atoms with Crippen molar-refractivity contribution >= 4 is 23.2 Å². The van der Waals surface area contributed by atoms with Crippen LogP contribution in [0.4, 0.5) is 20.2 Å². The van der Waals surface area contributed by atoms with Crippen molar-refractivity contribution in [3.8, 4) is 0 Å². The van der Waals surface area contributed by atoms with Gasteiger partial charge in [0, 0.05) is 30.5 Å². The van der Waals surface area contributed by atoms with Gasteiger partial charge in [-0.2, -0.15) is 13.9 Å². The van der Waals surface area contributed by atoms with E-state index in [0.29, 0.717) is 35.4 Å². The monoisotopic (exact) mass is 374 g/mol. The van der Waals surface area contributed by atoms with Crippen molar-refractivity contribution in [1.29, 1.82) is 0 Å². The molecule has 0 saturated heterocycles. The highest BCUT2D eigenvalue weighted by molar-refractivity contribution is 6.02.